The van der Waals surface area contributed by atoms with Crippen molar-refractivity contribution in [3.8, 4) is 0 Å². The fourth-order valence-corrected chi connectivity index (χ4v) is 1.66. The molecular weight excluding hydrogens is 204 g/mol. The molecule has 1 N–H and O–H groups in total. The van der Waals surface area contributed by atoms with Crippen LogP contribution in [0.4, 0.5) is 0 Å². The van der Waals surface area contributed by atoms with Crippen LogP contribution in [0.3, 0.4) is 0 Å². The summed E-state index contributed by atoms with van der Waals surface area (Å²) < 4.78 is 0. The average Bonchev–Trinajstić information content (AvgIpc) is 2.29. The molecule has 1 aromatic carbocycles. The normalized spacial score (nSPS) is 12.0. The molecule has 0 aliphatic heterocycles. The average molecular weight is 220 g/mol. The van der Waals surface area contributed by atoms with Crippen molar-refractivity contribution in [1.82, 2.24) is 0 Å². The lowest BCUT2D eigenvalue weighted by Crippen LogP contribution is -2.16. The highest BCUT2D eigenvalue weighted by atomic mass is 16.4. The Labute approximate surface area is 95.1 Å². The molecule has 3 heteroatoms. The van der Waals surface area contributed by atoms with Crippen molar-refractivity contribution in [2.75, 3.05) is 0 Å². The van der Waals surface area contributed by atoms with Gasteiger partial charge in [0.15, 0.2) is 0 Å². The molecule has 0 aromatic heterocycles. The van der Waals surface area contributed by atoms with E-state index in [0.29, 0.717) is 25.7 Å². The van der Waals surface area contributed by atoms with Crippen molar-refractivity contribution in [2.45, 2.75) is 25.7 Å². The van der Waals surface area contributed by atoms with E-state index in [-0.39, 0.29) is 5.92 Å². The first-order valence-electron chi connectivity index (χ1n) is 5.44. The first kappa shape index (κ1) is 12.4. The van der Waals surface area contributed by atoms with Crippen molar-refractivity contribution in [3.05, 3.63) is 35.9 Å². The van der Waals surface area contributed by atoms with Crippen LogP contribution in [0, 0.1) is 5.92 Å². The van der Waals surface area contributed by atoms with E-state index >= 15 is 0 Å². The monoisotopic (exact) mass is 220 g/mol. The molecule has 0 heterocycles. The minimum Gasteiger partial charge on any atom is -0.481 e. The van der Waals surface area contributed by atoms with Gasteiger partial charge in [-0.25, -0.2) is 0 Å². The molecule has 1 unspecified atom stereocenters. The van der Waals surface area contributed by atoms with Gasteiger partial charge < -0.3 is 9.90 Å². The standard InChI is InChI=1S/C13H16O3/c14-9-5-4-8-12(13(15)16)10-11-6-2-1-3-7-11/h1-3,6-7,9,12H,4-5,8,10H2,(H,15,16). The van der Waals surface area contributed by atoms with Gasteiger partial charge in [-0.05, 0) is 24.8 Å². The highest BCUT2D eigenvalue weighted by Gasteiger charge is 2.17. The summed E-state index contributed by atoms with van der Waals surface area (Å²) in [6, 6.07) is 9.57. The second-order valence-corrected chi connectivity index (χ2v) is 3.82. The molecule has 0 spiro atoms. The Bertz CT molecular complexity index is 332. The van der Waals surface area contributed by atoms with Crippen LogP contribution in [-0.4, -0.2) is 17.4 Å². The van der Waals surface area contributed by atoms with Crippen LogP contribution in [0.2, 0.25) is 0 Å². The van der Waals surface area contributed by atoms with Gasteiger partial charge in [-0.15, -0.1) is 0 Å². The van der Waals surface area contributed by atoms with Crippen molar-refractivity contribution >= 4 is 12.3 Å². The first-order chi connectivity index (χ1) is 7.74. The molecule has 1 aromatic rings. The summed E-state index contributed by atoms with van der Waals surface area (Å²) in [5.41, 5.74) is 1.03. The molecule has 16 heavy (non-hydrogen) atoms. The van der Waals surface area contributed by atoms with Crippen LogP contribution in [0.15, 0.2) is 30.3 Å². The molecule has 0 fully saturated rings. The number of carboxylic acid groups (broad SMARTS) is 1. The highest BCUT2D eigenvalue weighted by molar-refractivity contribution is 5.70. The molecule has 86 valence electrons. The van der Waals surface area contributed by atoms with Crippen molar-refractivity contribution in [3.63, 3.8) is 0 Å². The molecule has 1 rings (SSSR count). The summed E-state index contributed by atoms with van der Waals surface area (Å²) in [5, 5.41) is 9.05. The van der Waals surface area contributed by atoms with Gasteiger partial charge >= 0.3 is 5.97 Å². The van der Waals surface area contributed by atoms with Crippen molar-refractivity contribution in [1.29, 1.82) is 0 Å². The van der Waals surface area contributed by atoms with E-state index in [9.17, 15) is 9.59 Å². The van der Waals surface area contributed by atoms with Crippen molar-refractivity contribution in [2.24, 2.45) is 5.92 Å². The molecule has 0 bridgehead atoms. The lowest BCUT2D eigenvalue weighted by atomic mass is 9.94. The zero-order valence-electron chi connectivity index (χ0n) is 9.13. The van der Waals surface area contributed by atoms with Gasteiger partial charge in [0, 0.05) is 6.42 Å². The zero-order valence-corrected chi connectivity index (χ0v) is 9.13. The minimum atomic E-state index is -0.783. The lowest BCUT2D eigenvalue weighted by molar-refractivity contribution is -0.142. The molecular formula is C13H16O3. The number of rotatable bonds is 7. The Morgan fingerprint density at radius 2 is 2.00 bits per heavy atom. The second kappa shape index (κ2) is 6.77. The Hall–Kier alpha value is -1.64. The molecule has 0 saturated heterocycles. The van der Waals surface area contributed by atoms with E-state index in [1.807, 2.05) is 30.3 Å². The smallest absolute Gasteiger partial charge is 0.306 e. The summed E-state index contributed by atoms with van der Waals surface area (Å²) >= 11 is 0. The SMILES string of the molecule is O=CCCCC(Cc1ccccc1)C(=O)O. The third-order valence-electron chi connectivity index (χ3n) is 2.55. The molecule has 0 amide bonds. The van der Waals surface area contributed by atoms with Crippen molar-refractivity contribution < 1.29 is 14.7 Å². The van der Waals surface area contributed by atoms with E-state index in [0.717, 1.165) is 11.8 Å². The topological polar surface area (TPSA) is 54.4 Å². The Balaban J connectivity index is 2.51. The van der Waals surface area contributed by atoms with Gasteiger partial charge in [0.1, 0.15) is 6.29 Å². The van der Waals surface area contributed by atoms with E-state index < -0.39 is 5.97 Å². The number of carbonyl (C=O) groups is 2. The number of aldehydes is 1. The van der Waals surface area contributed by atoms with Crippen LogP contribution >= 0.6 is 0 Å². The summed E-state index contributed by atoms with van der Waals surface area (Å²) in [6.45, 7) is 0. The predicted octanol–water partition coefficient (Wildman–Crippen LogP) is 2.30. The summed E-state index contributed by atoms with van der Waals surface area (Å²) in [4.78, 5) is 21.2. The van der Waals surface area contributed by atoms with Gasteiger partial charge in [-0.1, -0.05) is 30.3 Å². The number of hydrogen-bond acceptors (Lipinski definition) is 2. The van der Waals surface area contributed by atoms with Crippen LogP contribution in [0.25, 0.3) is 0 Å². The van der Waals surface area contributed by atoms with Crippen LogP contribution in [0.1, 0.15) is 24.8 Å². The van der Waals surface area contributed by atoms with E-state index in [2.05, 4.69) is 0 Å². The fourth-order valence-electron chi connectivity index (χ4n) is 1.66. The molecule has 0 aliphatic carbocycles. The Morgan fingerprint density at radius 1 is 1.31 bits per heavy atom. The number of unbranched alkanes of at least 4 members (excludes halogenated alkanes) is 1. The maximum atomic E-state index is 11.0. The zero-order chi connectivity index (χ0) is 11.8. The van der Waals surface area contributed by atoms with Gasteiger partial charge in [0.2, 0.25) is 0 Å². The van der Waals surface area contributed by atoms with E-state index in [1.165, 1.54) is 0 Å². The van der Waals surface area contributed by atoms with Crippen LogP contribution in [0.5, 0.6) is 0 Å². The second-order valence-electron chi connectivity index (χ2n) is 3.82. The largest absolute Gasteiger partial charge is 0.481 e. The highest BCUT2D eigenvalue weighted by Crippen LogP contribution is 2.15. The molecule has 0 aliphatic rings. The van der Waals surface area contributed by atoms with E-state index in [1.54, 1.807) is 0 Å². The first-order valence-corrected chi connectivity index (χ1v) is 5.44. The van der Waals surface area contributed by atoms with Gasteiger partial charge in [0.05, 0.1) is 5.92 Å². The summed E-state index contributed by atoms with van der Waals surface area (Å²) in [7, 11) is 0. The third-order valence-corrected chi connectivity index (χ3v) is 2.55. The molecule has 3 nitrogen and oxygen atoms in total. The Kier molecular flexibility index (Phi) is 5.26. The maximum absolute atomic E-state index is 11.0. The fraction of sp³-hybridized carbons (Fsp3) is 0.385. The number of hydrogen-bond donors (Lipinski definition) is 1. The maximum Gasteiger partial charge on any atom is 0.306 e. The molecule has 0 saturated carbocycles. The predicted molar refractivity (Wildman–Crippen MR) is 61.2 cm³/mol. The van der Waals surface area contributed by atoms with Gasteiger partial charge in [0.25, 0.3) is 0 Å². The minimum absolute atomic E-state index is 0.387. The molecule has 1 atom stereocenters. The number of aliphatic carboxylic acids is 1. The molecule has 0 radical (unpaired) electrons. The van der Waals surface area contributed by atoms with Gasteiger partial charge in [-0.2, -0.15) is 0 Å². The van der Waals surface area contributed by atoms with E-state index in [4.69, 9.17) is 5.11 Å². The summed E-state index contributed by atoms with van der Waals surface area (Å²) in [5.74, 6) is -1.17. The number of carboxylic acids is 1. The Morgan fingerprint density at radius 3 is 2.56 bits per heavy atom. The van der Waals surface area contributed by atoms with Gasteiger partial charge in [-0.3, -0.25) is 4.79 Å². The van der Waals surface area contributed by atoms with Crippen LogP contribution < -0.4 is 0 Å². The number of carbonyl (C=O) groups excluding carboxylic acids is 1. The number of benzene rings is 1. The summed E-state index contributed by atoms with van der Waals surface area (Å²) in [6.07, 6.45) is 3.02. The lowest BCUT2D eigenvalue weighted by Gasteiger charge is -2.11. The van der Waals surface area contributed by atoms with Crippen LogP contribution in [-0.2, 0) is 16.0 Å². The quantitative estimate of drug-likeness (QED) is 0.566. The third kappa shape index (κ3) is 4.26.